The van der Waals surface area contributed by atoms with Crippen molar-refractivity contribution in [2.75, 3.05) is 0 Å². The van der Waals surface area contributed by atoms with Gasteiger partial charge in [0.25, 0.3) is 0 Å². The average molecular weight is 375 g/mol. The zero-order chi connectivity index (χ0) is 18.3. The van der Waals surface area contributed by atoms with Gasteiger partial charge in [0.1, 0.15) is 0 Å². The molecular weight excluding hydrogens is 352 g/mol. The first-order valence-electron chi connectivity index (χ1n) is 8.89. The molecule has 0 radical (unpaired) electrons. The van der Waals surface area contributed by atoms with Crippen LogP contribution in [-0.2, 0) is 13.1 Å². The van der Waals surface area contributed by atoms with Gasteiger partial charge in [-0.2, -0.15) is 5.10 Å². The van der Waals surface area contributed by atoms with Crippen LogP contribution in [0.25, 0.3) is 5.78 Å². The Hall–Kier alpha value is -1.96. The fraction of sp³-hybridized carbons (Fsp3) is 0.500. The summed E-state index contributed by atoms with van der Waals surface area (Å²) in [6, 6.07) is 2.11. The zero-order valence-corrected chi connectivity index (χ0v) is 15.7. The molecule has 1 aliphatic rings. The van der Waals surface area contributed by atoms with E-state index in [-0.39, 0.29) is 12.1 Å². The number of hydrogen-bond donors (Lipinski definition) is 2. The topological polar surface area (TPSA) is 80.3 Å². The van der Waals surface area contributed by atoms with Crippen molar-refractivity contribution in [1.29, 1.82) is 0 Å². The smallest absolute Gasteiger partial charge is 0.234 e. The summed E-state index contributed by atoms with van der Waals surface area (Å²) < 4.78 is 3.91. The molecule has 3 aromatic rings. The lowest BCUT2D eigenvalue weighted by Gasteiger charge is -2.16. The summed E-state index contributed by atoms with van der Waals surface area (Å²) in [6.07, 6.45) is 6.64. The number of halogens is 1. The number of fused-ring (bicyclic) bond motifs is 1. The van der Waals surface area contributed by atoms with E-state index in [1.165, 1.54) is 0 Å². The second-order valence-electron chi connectivity index (χ2n) is 7.20. The third-order valence-electron chi connectivity index (χ3n) is 5.08. The molecule has 1 aliphatic carbocycles. The quantitative estimate of drug-likeness (QED) is 0.715. The van der Waals surface area contributed by atoms with Crippen LogP contribution in [0.5, 0.6) is 0 Å². The van der Waals surface area contributed by atoms with Crippen LogP contribution in [0.3, 0.4) is 0 Å². The van der Waals surface area contributed by atoms with Gasteiger partial charge in [0.2, 0.25) is 5.78 Å². The van der Waals surface area contributed by atoms with Gasteiger partial charge in [-0.15, -0.1) is 0 Å². The Balaban J connectivity index is 1.40. The largest absolute Gasteiger partial charge is 0.391 e. The van der Waals surface area contributed by atoms with Crippen LogP contribution in [0.4, 0.5) is 0 Å². The molecule has 2 N–H and O–H groups in total. The molecule has 0 saturated heterocycles. The molecule has 0 bridgehead atoms. The van der Waals surface area contributed by atoms with Crippen LogP contribution in [0.2, 0.25) is 5.02 Å². The molecule has 0 amide bonds. The molecule has 4 rings (SSSR count). The highest BCUT2D eigenvalue weighted by molar-refractivity contribution is 6.30. The summed E-state index contributed by atoms with van der Waals surface area (Å²) in [4.78, 5) is 8.87. The fourth-order valence-corrected chi connectivity index (χ4v) is 4.10. The molecule has 138 valence electrons. The highest BCUT2D eigenvalue weighted by Gasteiger charge is 2.33. The molecule has 26 heavy (non-hydrogen) atoms. The Morgan fingerprint density at radius 1 is 1.31 bits per heavy atom. The molecule has 0 spiro atoms. The predicted octanol–water partition coefficient (Wildman–Crippen LogP) is 2.13. The standard InChI is InChI=1S/C18H23ClN6O/c1-11-3-12(2)25-15(8-21-18(25)23-11)7-20-16-4-13(5-17(16)26)9-24-10-14(19)6-22-24/h3,6,8,10,13,16-17,20,26H,4-5,7,9H2,1-2H3/t13?,16-,17-/m1/s1. The molecule has 1 saturated carbocycles. The molecule has 1 fully saturated rings. The van der Waals surface area contributed by atoms with Gasteiger partial charge < -0.3 is 10.4 Å². The maximum Gasteiger partial charge on any atom is 0.234 e. The number of aromatic nitrogens is 5. The van der Waals surface area contributed by atoms with Gasteiger partial charge in [-0.05, 0) is 38.7 Å². The summed E-state index contributed by atoms with van der Waals surface area (Å²) in [5.74, 6) is 1.10. The highest BCUT2D eigenvalue weighted by Crippen LogP contribution is 2.28. The van der Waals surface area contributed by atoms with Crippen LogP contribution in [0.1, 0.15) is 29.9 Å². The van der Waals surface area contributed by atoms with Crippen molar-refractivity contribution < 1.29 is 5.11 Å². The Morgan fingerprint density at radius 3 is 2.92 bits per heavy atom. The number of nitrogens with zero attached hydrogens (tertiary/aromatic N) is 5. The SMILES string of the molecule is Cc1cc(C)n2c(CN[C@@H]3CC(Cn4cc(Cl)cn4)C[C@H]3O)cnc2n1. The van der Waals surface area contributed by atoms with Crippen LogP contribution in [-0.4, -0.2) is 41.4 Å². The number of nitrogens with one attached hydrogen (secondary N) is 1. The summed E-state index contributed by atoms with van der Waals surface area (Å²) in [6.45, 7) is 5.46. The molecule has 3 atom stereocenters. The minimum Gasteiger partial charge on any atom is -0.391 e. The van der Waals surface area contributed by atoms with Gasteiger partial charge >= 0.3 is 0 Å². The zero-order valence-electron chi connectivity index (χ0n) is 14.9. The third-order valence-corrected chi connectivity index (χ3v) is 5.28. The summed E-state index contributed by atoms with van der Waals surface area (Å²) in [5, 5.41) is 18.8. The van der Waals surface area contributed by atoms with E-state index in [9.17, 15) is 5.11 Å². The van der Waals surface area contributed by atoms with Gasteiger partial charge in [0.05, 0.1) is 29.2 Å². The Bertz CT molecular complexity index is 920. The first kappa shape index (κ1) is 17.5. The van der Waals surface area contributed by atoms with Gasteiger partial charge in [-0.1, -0.05) is 11.6 Å². The minimum atomic E-state index is -0.355. The van der Waals surface area contributed by atoms with Gasteiger partial charge in [-0.25, -0.2) is 9.97 Å². The van der Waals surface area contributed by atoms with Crippen molar-refractivity contribution in [1.82, 2.24) is 29.5 Å². The number of aryl methyl sites for hydroxylation is 2. The van der Waals surface area contributed by atoms with Crippen molar-refractivity contribution in [3.05, 3.63) is 46.8 Å². The minimum absolute atomic E-state index is 0.0651. The summed E-state index contributed by atoms with van der Waals surface area (Å²) in [5.41, 5.74) is 3.13. The first-order chi connectivity index (χ1) is 12.5. The van der Waals surface area contributed by atoms with Crippen molar-refractivity contribution >= 4 is 17.4 Å². The lowest BCUT2D eigenvalue weighted by Crippen LogP contribution is -2.35. The van der Waals surface area contributed by atoms with Gasteiger partial charge in [-0.3, -0.25) is 9.08 Å². The highest BCUT2D eigenvalue weighted by atomic mass is 35.5. The number of aliphatic hydroxyl groups excluding tert-OH is 1. The van der Waals surface area contributed by atoms with Crippen molar-refractivity contribution in [3.63, 3.8) is 0 Å². The Morgan fingerprint density at radius 2 is 2.15 bits per heavy atom. The van der Waals surface area contributed by atoms with Crippen LogP contribution >= 0.6 is 11.6 Å². The number of hydrogen-bond acceptors (Lipinski definition) is 5. The molecule has 1 unspecified atom stereocenters. The van der Waals surface area contributed by atoms with E-state index in [1.54, 1.807) is 6.20 Å². The van der Waals surface area contributed by atoms with E-state index in [0.717, 1.165) is 42.2 Å². The monoisotopic (exact) mass is 374 g/mol. The Kier molecular flexibility index (Phi) is 4.69. The van der Waals surface area contributed by atoms with E-state index in [2.05, 4.69) is 31.7 Å². The molecule has 8 heteroatoms. The molecule has 0 aromatic carbocycles. The predicted molar refractivity (Wildman–Crippen MR) is 99.1 cm³/mol. The lowest BCUT2D eigenvalue weighted by molar-refractivity contribution is 0.145. The number of aliphatic hydroxyl groups is 1. The average Bonchev–Trinajstić information content (AvgIpc) is 3.25. The molecule has 7 nitrogen and oxygen atoms in total. The first-order valence-corrected chi connectivity index (χ1v) is 9.27. The number of rotatable bonds is 5. The van der Waals surface area contributed by atoms with Crippen LogP contribution in [0, 0.1) is 19.8 Å². The molecule has 0 aliphatic heterocycles. The summed E-state index contributed by atoms with van der Waals surface area (Å²) >= 11 is 5.92. The maximum atomic E-state index is 10.4. The van der Waals surface area contributed by atoms with Gasteiger partial charge in [0.15, 0.2) is 0 Å². The second-order valence-corrected chi connectivity index (χ2v) is 7.63. The van der Waals surface area contributed by atoms with E-state index < -0.39 is 0 Å². The lowest BCUT2D eigenvalue weighted by atomic mass is 10.1. The van der Waals surface area contributed by atoms with Crippen LogP contribution < -0.4 is 5.32 Å². The summed E-state index contributed by atoms with van der Waals surface area (Å²) in [7, 11) is 0. The van der Waals surface area contributed by atoms with E-state index in [4.69, 9.17) is 11.6 Å². The molecule has 3 heterocycles. The number of imidazole rings is 1. The molecule has 3 aromatic heterocycles. The normalized spacial score (nSPS) is 23.2. The van der Waals surface area contributed by atoms with E-state index >= 15 is 0 Å². The van der Waals surface area contributed by atoms with Crippen LogP contribution in [0.15, 0.2) is 24.7 Å². The maximum absolute atomic E-state index is 10.4. The molecular formula is C18H23ClN6O. The fourth-order valence-electron chi connectivity index (χ4n) is 3.95. The Labute approximate surface area is 157 Å². The van der Waals surface area contributed by atoms with E-state index in [0.29, 0.717) is 17.5 Å². The van der Waals surface area contributed by atoms with Crippen molar-refractivity contribution in [2.24, 2.45) is 5.92 Å². The van der Waals surface area contributed by atoms with Gasteiger partial charge in [0, 0.05) is 36.7 Å². The van der Waals surface area contributed by atoms with Crippen molar-refractivity contribution in [2.45, 2.75) is 51.9 Å². The third kappa shape index (κ3) is 3.47. The van der Waals surface area contributed by atoms with E-state index in [1.807, 2.05) is 30.1 Å². The second kappa shape index (κ2) is 6.98. The van der Waals surface area contributed by atoms with Crippen molar-refractivity contribution in [3.8, 4) is 0 Å².